The molecular formula is C38H52Cl2F2N3O2S2+. The number of allylic oxidation sites excluding steroid dienone is 1. The molecule has 0 aromatic heterocycles. The maximum atomic E-state index is 15.3. The number of aryl methyl sites for hydroxylation is 1. The number of hydrogen-bond acceptors (Lipinski definition) is 4. The average molecular weight is 756 g/mol. The first-order valence-corrected chi connectivity index (χ1v) is 19.5. The number of hydrogen-bond donors (Lipinski definition) is 1. The highest BCUT2D eigenvalue weighted by molar-refractivity contribution is 8.13. The molecule has 1 atom stereocenters. The summed E-state index contributed by atoms with van der Waals surface area (Å²) in [5, 5.41) is 3.31. The number of nitrogens with one attached hydrogen (secondary N) is 1. The summed E-state index contributed by atoms with van der Waals surface area (Å²) in [7, 11) is 5.20. The molecule has 0 spiro atoms. The average Bonchev–Trinajstić information content (AvgIpc) is 3.03. The van der Waals surface area contributed by atoms with E-state index in [0.717, 1.165) is 39.2 Å². The summed E-state index contributed by atoms with van der Waals surface area (Å²) in [6.07, 6.45) is 3.27. The monoisotopic (exact) mass is 754 g/mol. The second-order valence-electron chi connectivity index (χ2n) is 13.3. The van der Waals surface area contributed by atoms with E-state index in [1.54, 1.807) is 30.7 Å². The second kappa shape index (κ2) is 19.3. The van der Waals surface area contributed by atoms with E-state index in [2.05, 4.69) is 44.7 Å². The Balaban J connectivity index is 0.000000908. The molecular weight excluding hydrogens is 703 g/mol. The number of thioether (sulfide) groups is 1. The Kier molecular flexibility index (Phi) is 16.8. The number of rotatable bonds is 13. The number of halogens is 4. The first-order valence-electron chi connectivity index (χ1n) is 16.1. The van der Waals surface area contributed by atoms with Crippen LogP contribution in [0.4, 0.5) is 8.78 Å². The van der Waals surface area contributed by atoms with Crippen LogP contribution in [0.1, 0.15) is 64.2 Å². The van der Waals surface area contributed by atoms with Crippen LogP contribution in [0, 0.1) is 18.6 Å². The number of benzene rings is 3. The molecule has 5 nitrogen and oxygen atoms in total. The maximum Gasteiger partial charge on any atom is 0.137 e. The summed E-state index contributed by atoms with van der Waals surface area (Å²) in [6.45, 7) is 13.5. The highest BCUT2D eigenvalue weighted by atomic mass is 35.5. The Hall–Kier alpha value is -2.40. The van der Waals surface area contributed by atoms with Gasteiger partial charge in [-0.25, -0.2) is 17.7 Å². The molecule has 3 aromatic carbocycles. The van der Waals surface area contributed by atoms with E-state index in [-0.39, 0.29) is 16.3 Å². The van der Waals surface area contributed by atoms with Crippen molar-refractivity contribution in [3.63, 3.8) is 0 Å². The van der Waals surface area contributed by atoms with E-state index in [9.17, 15) is 8.60 Å². The van der Waals surface area contributed by atoms with Crippen molar-refractivity contribution < 1.29 is 22.2 Å². The van der Waals surface area contributed by atoms with Gasteiger partial charge in [0.15, 0.2) is 0 Å². The molecule has 0 fully saturated rings. The molecule has 3 aromatic rings. The van der Waals surface area contributed by atoms with Crippen molar-refractivity contribution in [2.24, 2.45) is 4.99 Å². The highest BCUT2D eigenvalue weighted by Gasteiger charge is 2.24. The Morgan fingerprint density at radius 2 is 1.69 bits per heavy atom. The highest BCUT2D eigenvalue weighted by Crippen LogP contribution is 2.36. The van der Waals surface area contributed by atoms with Gasteiger partial charge in [-0.3, -0.25) is 4.99 Å². The van der Waals surface area contributed by atoms with E-state index >= 15 is 4.39 Å². The van der Waals surface area contributed by atoms with Gasteiger partial charge in [-0.05, 0) is 80.1 Å². The van der Waals surface area contributed by atoms with Crippen molar-refractivity contribution in [2.45, 2.75) is 70.4 Å². The van der Waals surface area contributed by atoms with Crippen LogP contribution in [0.2, 0.25) is 10.0 Å². The molecule has 0 aliphatic carbocycles. The van der Waals surface area contributed by atoms with Crippen LogP contribution in [-0.4, -0.2) is 60.4 Å². The third kappa shape index (κ3) is 13.7. The lowest BCUT2D eigenvalue weighted by atomic mass is 9.78. The third-order valence-corrected chi connectivity index (χ3v) is 11.9. The van der Waals surface area contributed by atoms with Gasteiger partial charge in [-0.15, -0.1) is 11.8 Å². The normalized spacial score (nSPS) is 13.8. The zero-order valence-corrected chi connectivity index (χ0v) is 33.6. The van der Waals surface area contributed by atoms with Crippen LogP contribution in [-0.2, 0) is 20.9 Å². The number of aliphatic imine (C=N–C) groups is 1. The van der Waals surface area contributed by atoms with Crippen molar-refractivity contribution in [3.05, 3.63) is 105 Å². The molecule has 0 saturated carbocycles. The zero-order chi connectivity index (χ0) is 37.0. The Labute approximate surface area is 307 Å². The minimum atomic E-state index is -2.75. The number of ether oxygens (including phenoxy) is 1. The fourth-order valence-corrected chi connectivity index (χ4v) is 7.87. The van der Waals surface area contributed by atoms with Crippen molar-refractivity contribution >= 4 is 55.1 Å². The van der Waals surface area contributed by atoms with Crippen molar-refractivity contribution in [3.8, 4) is 5.75 Å². The SMILES string of the molecule is CCC=S(=O)(NCCC[N+](C)(C)C)c1cc(F)c(CSC(C)=N/C=C(\C)C(C)(C)c2ccc(Cl)c(OC)c2)c(Cl)c1.Cc1ccc(F)cc1. The van der Waals surface area contributed by atoms with Gasteiger partial charge < -0.3 is 9.22 Å². The van der Waals surface area contributed by atoms with Crippen LogP contribution in [0.15, 0.2) is 76.3 Å². The first kappa shape index (κ1) is 42.8. The first-order chi connectivity index (χ1) is 22.8. The summed E-state index contributed by atoms with van der Waals surface area (Å²) < 4.78 is 50.5. The van der Waals surface area contributed by atoms with Gasteiger partial charge in [-0.1, -0.05) is 67.7 Å². The molecule has 0 heterocycles. The quantitative estimate of drug-likeness (QED) is 0.0622. The molecule has 3 rings (SSSR count). The second-order valence-corrected chi connectivity index (χ2v) is 17.6. The van der Waals surface area contributed by atoms with Gasteiger partial charge in [0.2, 0.25) is 0 Å². The maximum absolute atomic E-state index is 15.3. The summed E-state index contributed by atoms with van der Waals surface area (Å²) in [6, 6.07) is 15.1. The molecule has 0 saturated heterocycles. The number of methoxy groups -OCH3 is 1. The Morgan fingerprint density at radius 3 is 2.24 bits per heavy atom. The third-order valence-electron chi connectivity index (χ3n) is 7.92. The molecule has 1 unspecified atom stereocenters. The van der Waals surface area contributed by atoms with Gasteiger partial charge in [-0.2, -0.15) is 0 Å². The van der Waals surface area contributed by atoms with Gasteiger partial charge >= 0.3 is 0 Å². The molecule has 270 valence electrons. The largest absolute Gasteiger partial charge is 0.495 e. The lowest BCUT2D eigenvalue weighted by Crippen LogP contribution is -2.37. The molecule has 0 amide bonds. The van der Waals surface area contributed by atoms with Gasteiger partial charge in [0.05, 0.1) is 54.6 Å². The zero-order valence-electron chi connectivity index (χ0n) is 30.4. The van der Waals surface area contributed by atoms with Crippen molar-refractivity contribution in [1.29, 1.82) is 0 Å². The molecule has 0 aliphatic rings. The van der Waals surface area contributed by atoms with Crippen LogP contribution < -0.4 is 9.46 Å². The van der Waals surface area contributed by atoms with Gasteiger partial charge in [0, 0.05) is 45.8 Å². The number of nitrogens with zero attached hydrogens (tertiary/aromatic N) is 2. The molecule has 11 heteroatoms. The number of quaternary nitrogens is 1. The van der Waals surface area contributed by atoms with Gasteiger partial charge in [0.25, 0.3) is 0 Å². The standard InChI is InChI=1S/C31H45Cl2FN3O2S2.C7H7F/c1-10-16-41(38,36-14-11-15-37(6,7)8)25-18-28(33)26(29(34)19-25)21-40-23(3)35-20-22(2)31(4,5)24-12-13-27(32)30(17-24)39-9;1-6-2-4-7(8)5-3-6/h12-13,16-20H,10-11,14-15,21H2,1-9H3,(H,36,38);2-5H,1H3/q+1;/b22-20+,35-23?;. The van der Waals surface area contributed by atoms with Crippen LogP contribution in [0.5, 0.6) is 5.75 Å². The van der Waals surface area contributed by atoms with Crippen LogP contribution in [0.25, 0.3) is 0 Å². The van der Waals surface area contributed by atoms with E-state index in [0.29, 0.717) is 39.9 Å². The lowest BCUT2D eigenvalue weighted by Gasteiger charge is -2.27. The van der Waals surface area contributed by atoms with Crippen molar-refractivity contribution in [1.82, 2.24) is 4.72 Å². The molecule has 0 aliphatic heterocycles. The predicted molar refractivity (Wildman–Crippen MR) is 210 cm³/mol. The van der Waals surface area contributed by atoms with Gasteiger partial charge in [0.1, 0.15) is 17.4 Å². The topological polar surface area (TPSA) is 50.7 Å². The molecule has 1 N–H and O–H groups in total. The fourth-order valence-electron chi connectivity index (χ4n) is 4.52. The minimum absolute atomic E-state index is 0.171. The summed E-state index contributed by atoms with van der Waals surface area (Å²) >= 11 is 14.1. The van der Waals surface area contributed by atoms with E-state index in [4.69, 9.17) is 27.9 Å². The fraction of sp³-hybridized carbons (Fsp3) is 0.421. The minimum Gasteiger partial charge on any atom is -0.495 e. The van der Waals surface area contributed by atoms with E-state index < -0.39 is 15.5 Å². The van der Waals surface area contributed by atoms with Crippen molar-refractivity contribution in [2.75, 3.05) is 41.3 Å². The molecule has 0 bridgehead atoms. The van der Waals surface area contributed by atoms with E-state index in [1.165, 1.54) is 30.0 Å². The van der Waals surface area contributed by atoms with E-state index in [1.807, 2.05) is 52.1 Å². The van der Waals surface area contributed by atoms with Crippen LogP contribution >= 0.6 is 35.0 Å². The smallest absolute Gasteiger partial charge is 0.137 e. The predicted octanol–water partition coefficient (Wildman–Crippen LogP) is 10.3. The summed E-state index contributed by atoms with van der Waals surface area (Å²) in [4.78, 5) is 4.99. The summed E-state index contributed by atoms with van der Waals surface area (Å²) in [5.41, 5.74) is 3.26. The Bertz CT molecular complexity index is 1680. The lowest BCUT2D eigenvalue weighted by molar-refractivity contribution is -0.870. The Morgan fingerprint density at radius 1 is 1.04 bits per heavy atom. The molecule has 49 heavy (non-hydrogen) atoms. The van der Waals surface area contributed by atoms with Crippen LogP contribution in [0.3, 0.4) is 0 Å². The summed E-state index contributed by atoms with van der Waals surface area (Å²) in [5.74, 6) is 0.295. The molecule has 0 radical (unpaired) electrons.